The van der Waals surface area contributed by atoms with E-state index in [4.69, 9.17) is 25.7 Å². The summed E-state index contributed by atoms with van der Waals surface area (Å²) in [7, 11) is 0. The second-order valence-electron chi connectivity index (χ2n) is 12.7. The number of carbonyl (C=O) groups excluding carboxylic acids is 3. The number of carbonyl (C=O) groups is 3. The Balaban J connectivity index is 1.56. The van der Waals surface area contributed by atoms with Crippen LogP contribution in [0.15, 0.2) is 66.7 Å². The van der Waals surface area contributed by atoms with E-state index in [0.717, 1.165) is 5.56 Å². The van der Waals surface area contributed by atoms with E-state index < -0.39 is 66.8 Å². The molecule has 9 N–H and O–H groups in total. The zero-order valence-electron chi connectivity index (χ0n) is 28.2. The van der Waals surface area contributed by atoms with E-state index in [0.29, 0.717) is 11.1 Å². The fraction of sp³-hybridized carbons (Fsp3) is 0.256. The van der Waals surface area contributed by atoms with Gasteiger partial charge in [0.15, 0.2) is 11.6 Å². The molecular formula is C39H38N2O11. The lowest BCUT2D eigenvalue weighted by Gasteiger charge is -2.39. The molecule has 0 unspecified atom stereocenters. The minimum atomic E-state index is -1.75. The number of phenolic OH excluding ortho intramolecular Hbond substituents is 1. The summed E-state index contributed by atoms with van der Waals surface area (Å²) in [6.07, 6.45) is -5.11. The van der Waals surface area contributed by atoms with Gasteiger partial charge in [-0.2, -0.15) is 0 Å². The van der Waals surface area contributed by atoms with Crippen LogP contribution in [0.1, 0.15) is 85.2 Å². The van der Waals surface area contributed by atoms with E-state index in [-0.39, 0.29) is 56.9 Å². The van der Waals surface area contributed by atoms with Crippen LogP contribution in [0, 0.1) is 0 Å². The van der Waals surface area contributed by atoms with Crippen LogP contribution in [0.2, 0.25) is 0 Å². The van der Waals surface area contributed by atoms with Crippen molar-refractivity contribution in [3.05, 3.63) is 122 Å². The van der Waals surface area contributed by atoms with Gasteiger partial charge < -0.3 is 51.2 Å². The predicted octanol–water partition coefficient (Wildman–Crippen LogP) is 2.47. The topological polar surface area (TPSA) is 232 Å². The number of hydrogen-bond donors (Lipinski definition) is 7. The van der Waals surface area contributed by atoms with Gasteiger partial charge in [-0.05, 0) is 47.4 Å². The average molecular weight is 711 g/mol. The third-order valence-corrected chi connectivity index (χ3v) is 9.14. The SMILES string of the molecule is CC(=O)Oc1cc(CO)c2c(c1/C=C/c1ccccc1)C(=O)c1cc(O[C@H]3O[C@@H](C)[C@@H](O)[C@@H](O)[C@H]3O)c(Cc3cccc(C(N)N)c3)c(O)c1C2=O. The summed E-state index contributed by atoms with van der Waals surface area (Å²) < 4.78 is 17.2. The van der Waals surface area contributed by atoms with Gasteiger partial charge in [-0.1, -0.05) is 60.7 Å². The number of aliphatic hydroxyl groups excluding tert-OH is 4. The van der Waals surface area contributed by atoms with Crippen LogP contribution in [0.5, 0.6) is 17.2 Å². The van der Waals surface area contributed by atoms with Crippen molar-refractivity contribution in [1.82, 2.24) is 0 Å². The lowest BCUT2D eigenvalue weighted by molar-refractivity contribution is -0.268. The van der Waals surface area contributed by atoms with E-state index in [1.165, 1.54) is 32.1 Å². The first-order chi connectivity index (χ1) is 24.8. The van der Waals surface area contributed by atoms with Gasteiger partial charge in [-0.25, -0.2) is 0 Å². The maximum absolute atomic E-state index is 14.6. The minimum absolute atomic E-state index is 0.0152. The third kappa shape index (κ3) is 6.86. The Bertz CT molecular complexity index is 2080. The Hall–Kier alpha value is -5.25. The molecule has 1 fully saturated rings. The normalized spacial score (nSPS) is 21.3. The molecule has 0 amide bonds. The Kier molecular flexibility index (Phi) is 10.4. The van der Waals surface area contributed by atoms with Gasteiger partial charge in [0, 0.05) is 41.2 Å². The maximum atomic E-state index is 14.6. The molecule has 4 aromatic rings. The lowest BCUT2D eigenvalue weighted by Crippen LogP contribution is -2.58. The van der Waals surface area contributed by atoms with Crippen LogP contribution < -0.4 is 20.9 Å². The van der Waals surface area contributed by atoms with Crippen molar-refractivity contribution in [3.63, 3.8) is 0 Å². The molecule has 0 aromatic heterocycles. The number of aliphatic hydroxyl groups is 4. The highest BCUT2D eigenvalue weighted by Crippen LogP contribution is 2.45. The first-order valence-corrected chi connectivity index (χ1v) is 16.5. The van der Waals surface area contributed by atoms with Crippen LogP contribution in [0.3, 0.4) is 0 Å². The summed E-state index contributed by atoms with van der Waals surface area (Å²) in [6, 6.07) is 18.4. The predicted molar refractivity (Wildman–Crippen MR) is 187 cm³/mol. The molecule has 6 rings (SSSR count). The van der Waals surface area contributed by atoms with Gasteiger partial charge in [0.2, 0.25) is 6.29 Å². The summed E-state index contributed by atoms with van der Waals surface area (Å²) in [5, 5.41) is 53.9. The number of esters is 1. The van der Waals surface area contributed by atoms with Gasteiger partial charge in [-0.15, -0.1) is 0 Å². The highest BCUT2D eigenvalue weighted by molar-refractivity contribution is 6.31. The molecule has 52 heavy (non-hydrogen) atoms. The standard InChI is InChI=1S/C39H38N2O11/c1-18-32(44)36(48)37(49)39(50-18)52-28-16-26-31(33(45)25(28)14-21-9-6-10-22(13-21)38(40)41)35(47)29-23(17-42)15-27(51-19(2)43)24(30(29)34(26)46)12-11-20-7-4-3-5-8-20/h3-13,15-16,18,32,36-39,42,44-45,48-49H,14,17,40-41H2,1-2H3/b12-11+/t18-,32+,36+,37+,39+/m0/s1. The first-order valence-electron chi connectivity index (χ1n) is 16.5. The molecule has 1 heterocycles. The monoisotopic (exact) mass is 710 g/mol. The number of phenols is 1. The van der Waals surface area contributed by atoms with E-state index in [1.807, 2.05) is 6.07 Å². The number of rotatable bonds is 9. The van der Waals surface area contributed by atoms with Crippen molar-refractivity contribution in [2.45, 2.75) is 63.7 Å². The van der Waals surface area contributed by atoms with Crippen molar-refractivity contribution in [1.29, 1.82) is 0 Å². The van der Waals surface area contributed by atoms with Gasteiger partial charge in [-0.3, -0.25) is 14.4 Å². The third-order valence-electron chi connectivity index (χ3n) is 9.14. The van der Waals surface area contributed by atoms with E-state index in [2.05, 4.69) is 0 Å². The molecule has 0 saturated carbocycles. The van der Waals surface area contributed by atoms with Gasteiger partial charge in [0.05, 0.1) is 24.4 Å². The number of nitrogens with two attached hydrogens (primary N) is 2. The smallest absolute Gasteiger partial charge is 0.308 e. The van der Waals surface area contributed by atoms with E-state index in [1.54, 1.807) is 54.6 Å². The summed E-state index contributed by atoms with van der Waals surface area (Å²) in [4.78, 5) is 41.3. The Morgan fingerprint density at radius 1 is 0.885 bits per heavy atom. The van der Waals surface area contributed by atoms with Crippen LogP contribution in [0.4, 0.5) is 0 Å². The molecule has 1 aliphatic heterocycles. The number of ketones is 2. The molecular weight excluding hydrogens is 672 g/mol. The quantitative estimate of drug-likeness (QED) is 0.0505. The lowest BCUT2D eigenvalue weighted by atomic mass is 9.77. The van der Waals surface area contributed by atoms with Gasteiger partial charge in [0.1, 0.15) is 35.6 Å². The zero-order valence-corrected chi connectivity index (χ0v) is 28.2. The van der Waals surface area contributed by atoms with Crippen molar-refractivity contribution in [3.8, 4) is 17.2 Å². The van der Waals surface area contributed by atoms with Gasteiger partial charge in [0.25, 0.3) is 0 Å². The first kappa shape index (κ1) is 36.5. The molecule has 1 aliphatic carbocycles. The molecule has 4 aromatic carbocycles. The summed E-state index contributed by atoms with van der Waals surface area (Å²) in [6.45, 7) is 1.92. The molecule has 0 spiro atoms. The number of hydrogen-bond acceptors (Lipinski definition) is 13. The highest BCUT2D eigenvalue weighted by atomic mass is 16.7. The van der Waals surface area contributed by atoms with Crippen LogP contribution >= 0.6 is 0 Å². The second-order valence-corrected chi connectivity index (χ2v) is 12.7. The van der Waals surface area contributed by atoms with Crippen LogP contribution in [0.25, 0.3) is 12.2 Å². The Morgan fingerprint density at radius 3 is 2.29 bits per heavy atom. The maximum Gasteiger partial charge on any atom is 0.308 e. The zero-order chi connectivity index (χ0) is 37.4. The average Bonchev–Trinajstić information content (AvgIpc) is 3.12. The molecule has 13 nitrogen and oxygen atoms in total. The number of ether oxygens (including phenoxy) is 3. The molecule has 270 valence electrons. The summed E-state index contributed by atoms with van der Waals surface area (Å²) in [5.74, 6) is -3.14. The number of fused-ring (bicyclic) bond motifs is 2. The van der Waals surface area contributed by atoms with Crippen molar-refractivity contribution in [2.75, 3.05) is 0 Å². The minimum Gasteiger partial charge on any atom is -0.507 e. The van der Waals surface area contributed by atoms with Crippen molar-refractivity contribution < 1.29 is 54.1 Å². The molecule has 1 saturated heterocycles. The summed E-state index contributed by atoms with van der Waals surface area (Å²) >= 11 is 0. The van der Waals surface area contributed by atoms with Crippen molar-refractivity contribution >= 4 is 29.7 Å². The largest absolute Gasteiger partial charge is 0.507 e. The Labute approximate surface area is 298 Å². The van der Waals surface area contributed by atoms with Crippen molar-refractivity contribution in [2.24, 2.45) is 11.5 Å². The second kappa shape index (κ2) is 14.8. The molecule has 2 aliphatic rings. The molecule has 0 radical (unpaired) electrons. The molecule has 5 atom stereocenters. The number of aromatic hydroxyl groups is 1. The fourth-order valence-electron chi connectivity index (χ4n) is 6.48. The fourth-order valence-corrected chi connectivity index (χ4v) is 6.48. The molecule has 0 bridgehead atoms. The van der Waals surface area contributed by atoms with E-state index >= 15 is 0 Å². The highest BCUT2D eigenvalue weighted by Gasteiger charge is 2.44. The molecule has 13 heteroatoms. The van der Waals surface area contributed by atoms with Crippen LogP contribution in [-0.4, -0.2) is 73.8 Å². The Morgan fingerprint density at radius 2 is 1.62 bits per heavy atom. The van der Waals surface area contributed by atoms with Crippen LogP contribution in [-0.2, 0) is 22.6 Å². The van der Waals surface area contributed by atoms with Gasteiger partial charge >= 0.3 is 5.97 Å². The van der Waals surface area contributed by atoms with E-state index in [9.17, 15) is 39.9 Å². The number of benzene rings is 4. The summed E-state index contributed by atoms with van der Waals surface area (Å²) in [5.41, 5.74) is 12.7.